The van der Waals surface area contributed by atoms with Crippen LogP contribution in [0.5, 0.6) is 0 Å². The predicted molar refractivity (Wildman–Crippen MR) is 126 cm³/mol. The zero-order valence-corrected chi connectivity index (χ0v) is 18.2. The van der Waals surface area contributed by atoms with Crippen LogP contribution >= 0.6 is 11.6 Å². The lowest BCUT2D eigenvalue weighted by Gasteiger charge is -2.10. The van der Waals surface area contributed by atoms with Crippen molar-refractivity contribution in [2.75, 3.05) is 16.4 Å². The molecule has 0 spiro atoms. The van der Waals surface area contributed by atoms with E-state index in [2.05, 4.69) is 20.6 Å². The van der Waals surface area contributed by atoms with E-state index in [0.29, 0.717) is 38.6 Å². The second-order valence-corrected chi connectivity index (χ2v) is 7.89. The average Bonchev–Trinajstić information content (AvgIpc) is 3.14. The number of carbonyl (C=O) groups is 2. The maximum absolute atomic E-state index is 13.3. The lowest BCUT2D eigenvalue weighted by molar-refractivity contribution is 0.104. The first-order chi connectivity index (χ1) is 15.3. The fourth-order valence-corrected chi connectivity index (χ4v) is 3.54. The van der Waals surface area contributed by atoms with Crippen molar-refractivity contribution in [1.82, 2.24) is 14.5 Å². The van der Waals surface area contributed by atoms with Gasteiger partial charge in [-0.2, -0.15) is 4.98 Å². The van der Waals surface area contributed by atoms with Crippen LogP contribution in [0.3, 0.4) is 0 Å². The van der Waals surface area contributed by atoms with Gasteiger partial charge >= 0.3 is 6.03 Å². The Labute approximate surface area is 189 Å². The van der Waals surface area contributed by atoms with Gasteiger partial charge in [0.05, 0.1) is 16.3 Å². The van der Waals surface area contributed by atoms with Gasteiger partial charge in [-0.15, -0.1) is 0 Å². The van der Waals surface area contributed by atoms with Crippen molar-refractivity contribution in [3.8, 4) is 0 Å². The zero-order valence-electron chi connectivity index (χ0n) is 17.5. The molecule has 0 bridgehead atoms. The topological polar surface area (TPSA) is 115 Å². The number of hydrogen-bond acceptors (Lipinski definition) is 5. The molecule has 0 aliphatic heterocycles. The van der Waals surface area contributed by atoms with Gasteiger partial charge < -0.3 is 20.9 Å². The Morgan fingerprint density at radius 2 is 1.88 bits per heavy atom. The smallest absolute Gasteiger partial charge is 0.323 e. The number of hydrogen-bond donors (Lipinski definition) is 3. The van der Waals surface area contributed by atoms with E-state index < -0.39 is 6.03 Å². The van der Waals surface area contributed by atoms with E-state index in [0.717, 1.165) is 0 Å². The summed E-state index contributed by atoms with van der Waals surface area (Å²) < 4.78 is 1.89. The van der Waals surface area contributed by atoms with Crippen molar-refractivity contribution in [2.24, 2.45) is 0 Å². The molecular weight excluding hydrogens is 428 g/mol. The summed E-state index contributed by atoms with van der Waals surface area (Å²) >= 11 is 6.08. The van der Waals surface area contributed by atoms with Crippen molar-refractivity contribution in [3.63, 3.8) is 0 Å². The number of nitrogens with zero attached hydrogens (tertiary/aromatic N) is 3. The van der Waals surface area contributed by atoms with E-state index in [-0.39, 0.29) is 17.8 Å². The molecule has 8 nitrogen and oxygen atoms in total. The zero-order chi connectivity index (χ0) is 22.8. The number of nitrogens with two attached hydrogens (primary N) is 1. The van der Waals surface area contributed by atoms with Gasteiger partial charge in [0.2, 0.25) is 5.95 Å². The number of urea groups is 1. The van der Waals surface area contributed by atoms with E-state index in [9.17, 15) is 9.59 Å². The van der Waals surface area contributed by atoms with E-state index in [1.807, 2.05) is 18.4 Å². The predicted octanol–water partition coefficient (Wildman–Crippen LogP) is 5.12. The molecule has 0 atom stereocenters. The minimum absolute atomic E-state index is 0.0786. The van der Waals surface area contributed by atoms with Gasteiger partial charge in [-0.3, -0.25) is 4.79 Å². The molecule has 4 rings (SSSR count). The molecule has 0 saturated carbocycles. The van der Waals surface area contributed by atoms with Crippen LogP contribution in [-0.4, -0.2) is 26.3 Å². The molecule has 0 unspecified atom stereocenters. The van der Waals surface area contributed by atoms with Crippen molar-refractivity contribution < 1.29 is 9.59 Å². The average molecular weight is 449 g/mol. The highest BCUT2D eigenvalue weighted by atomic mass is 35.5. The van der Waals surface area contributed by atoms with Crippen LogP contribution in [0.1, 0.15) is 35.8 Å². The maximum atomic E-state index is 13.3. The molecule has 2 aromatic carbocycles. The standard InChI is InChI=1S/C23H21ClN6O2/c1-13(2)30-12-17(16-11-26-22(25)29-21(16)30)20(31)14-6-5-7-15(10-14)27-23(32)28-19-9-4-3-8-18(19)24/h3-13H,1-2H3,(H2,25,26,29)(H2,27,28,32). The van der Waals surface area contributed by atoms with E-state index in [1.54, 1.807) is 60.9 Å². The van der Waals surface area contributed by atoms with Crippen LogP contribution in [-0.2, 0) is 0 Å². The quantitative estimate of drug-likeness (QED) is 0.366. The molecule has 4 N–H and O–H groups in total. The van der Waals surface area contributed by atoms with E-state index >= 15 is 0 Å². The number of rotatable bonds is 5. The first-order valence-corrected chi connectivity index (χ1v) is 10.3. The number of para-hydroxylation sites is 1. The molecular formula is C23H21ClN6O2. The lowest BCUT2D eigenvalue weighted by atomic mass is 10.0. The Morgan fingerprint density at radius 3 is 2.62 bits per heavy atom. The number of aromatic nitrogens is 3. The molecule has 32 heavy (non-hydrogen) atoms. The van der Waals surface area contributed by atoms with E-state index in [4.69, 9.17) is 17.3 Å². The third-order valence-electron chi connectivity index (χ3n) is 4.90. The van der Waals surface area contributed by atoms with Crippen molar-refractivity contribution in [3.05, 3.63) is 77.1 Å². The highest BCUT2D eigenvalue weighted by molar-refractivity contribution is 6.33. The number of anilines is 3. The summed E-state index contributed by atoms with van der Waals surface area (Å²) in [5, 5.41) is 6.46. The highest BCUT2D eigenvalue weighted by Gasteiger charge is 2.20. The maximum Gasteiger partial charge on any atom is 0.323 e. The number of amides is 2. The number of carbonyl (C=O) groups excluding carboxylic acids is 2. The molecule has 0 radical (unpaired) electrons. The Kier molecular flexibility index (Phi) is 5.79. The van der Waals surface area contributed by atoms with Gasteiger partial charge in [-0.05, 0) is 38.1 Å². The van der Waals surface area contributed by atoms with Crippen LogP contribution in [0.15, 0.2) is 60.9 Å². The van der Waals surface area contributed by atoms with Gasteiger partial charge in [0.15, 0.2) is 5.78 Å². The van der Waals surface area contributed by atoms with Gasteiger partial charge in [-0.1, -0.05) is 35.9 Å². The monoisotopic (exact) mass is 448 g/mol. The van der Waals surface area contributed by atoms with Gasteiger partial charge in [-0.25, -0.2) is 9.78 Å². The summed E-state index contributed by atoms with van der Waals surface area (Å²) in [4.78, 5) is 34.0. The third-order valence-corrected chi connectivity index (χ3v) is 5.23. The summed E-state index contributed by atoms with van der Waals surface area (Å²) in [5.74, 6) is -0.0647. The van der Waals surface area contributed by atoms with Crippen LogP contribution < -0.4 is 16.4 Å². The number of benzene rings is 2. The molecule has 0 aliphatic carbocycles. The van der Waals surface area contributed by atoms with E-state index in [1.165, 1.54) is 0 Å². The number of halogens is 1. The van der Waals surface area contributed by atoms with Crippen molar-refractivity contribution >= 4 is 51.8 Å². The summed E-state index contributed by atoms with van der Waals surface area (Å²) in [6.07, 6.45) is 3.32. The summed E-state index contributed by atoms with van der Waals surface area (Å²) in [6, 6.07) is 13.2. The first kappa shape index (κ1) is 21.3. The summed E-state index contributed by atoms with van der Waals surface area (Å²) in [7, 11) is 0. The van der Waals surface area contributed by atoms with Crippen LogP contribution in [0, 0.1) is 0 Å². The summed E-state index contributed by atoms with van der Waals surface area (Å²) in [6.45, 7) is 3.99. The Morgan fingerprint density at radius 1 is 1.09 bits per heavy atom. The molecule has 2 heterocycles. The number of ketones is 1. The van der Waals surface area contributed by atoms with Gasteiger partial charge in [0.25, 0.3) is 0 Å². The second kappa shape index (κ2) is 8.68. The molecule has 0 aliphatic rings. The molecule has 162 valence electrons. The lowest BCUT2D eigenvalue weighted by Crippen LogP contribution is -2.19. The first-order valence-electron chi connectivity index (χ1n) is 9.94. The Balaban J connectivity index is 1.60. The van der Waals surface area contributed by atoms with Gasteiger partial charge in [0, 0.05) is 35.1 Å². The largest absolute Gasteiger partial charge is 0.368 e. The minimum Gasteiger partial charge on any atom is -0.368 e. The van der Waals surface area contributed by atoms with Crippen molar-refractivity contribution in [2.45, 2.75) is 19.9 Å². The minimum atomic E-state index is -0.469. The highest BCUT2D eigenvalue weighted by Crippen LogP contribution is 2.26. The molecule has 4 aromatic rings. The SMILES string of the molecule is CC(C)n1cc(C(=O)c2cccc(NC(=O)Nc3ccccc3Cl)c2)c2cnc(N)nc21. The molecule has 2 amide bonds. The number of nitrogens with one attached hydrogen (secondary N) is 2. The second-order valence-electron chi connectivity index (χ2n) is 7.48. The molecule has 9 heteroatoms. The number of nitrogen functional groups attached to an aromatic ring is 1. The third kappa shape index (κ3) is 4.26. The van der Waals surface area contributed by atoms with Crippen molar-refractivity contribution in [1.29, 1.82) is 0 Å². The van der Waals surface area contributed by atoms with Crippen LogP contribution in [0.25, 0.3) is 11.0 Å². The molecule has 0 saturated heterocycles. The summed E-state index contributed by atoms with van der Waals surface area (Å²) in [5.41, 5.74) is 8.18. The Bertz CT molecular complexity index is 1330. The number of fused-ring (bicyclic) bond motifs is 1. The fraction of sp³-hybridized carbons (Fsp3) is 0.130. The Hall–Kier alpha value is -3.91. The van der Waals surface area contributed by atoms with Crippen LogP contribution in [0.2, 0.25) is 5.02 Å². The van der Waals surface area contributed by atoms with Crippen LogP contribution in [0.4, 0.5) is 22.1 Å². The molecule has 0 fully saturated rings. The molecule has 2 aromatic heterocycles. The normalized spacial score (nSPS) is 11.0. The fourth-order valence-electron chi connectivity index (χ4n) is 3.36. The van der Waals surface area contributed by atoms with Gasteiger partial charge in [0.1, 0.15) is 5.65 Å².